The molecule has 88 valence electrons. The maximum absolute atomic E-state index is 9.59. The maximum Gasteiger partial charge on any atom is 0.0502 e. The van der Waals surface area contributed by atoms with Crippen LogP contribution in [-0.4, -0.2) is 24.8 Å². The van der Waals surface area contributed by atoms with Gasteiger partial charge >= 0.3 is 0 Å². The molecule has 1 atom stereocenters. The summed E-state index contributed by atoms with van der Waals surface area (Å²) >= 11 is 3.49. The Morgan fingerprint density at radius 1 is 1.38 bits per heavy atom. The third kappa shape index (κ3) is 2.84. The first-order valence-corrected chi connectivity index (χ1v) is 6.67. The second-order valence-electron chi connectivity index (χ2n) is 4.43. The van der Waals surface area contributed by atoms with Crippen molar-refractivity contribution in [2.75, 3.05) is 19.7 Å². The van der Waals surface area contributed by atoms with Crippen LogP contribution in [0.25, 0.3) is 0 Å². The lowest BCUT2D eigenvalue weighted by atomic mass is 9.81. The molecule has 0 bridgehead atoms. The molecule has 1 heterocycles. The Labute approximate surface area is 105 Å². The monoisotopic (exact) mass is 283 g/mol. The quantitative estimate of drug-likeness (QED) is 0.894. The van der Waals surface area contributed by atoms with Crippen molar-refractivity contribution in [2.24, 2.45) is 5.92 Å². The van der Waals surface area contributed by atoms with E-state index in [1.807, 2.05) is 12.1 Å². The van der Waals surface area contributed by atoms with E-state index < -0.39 is 0 Å². The number of piperidine rings is 1. The molecule has 1 aromatic rings. The molecule has 2 rings (SSSR count). The third-order valence-corrected chi connectivity index (χ3v) is 3.92. The molecule has 2 N–H and O–H groups in total. The minimum Gasteiger partial charge on any atom is -0.396 e. The number of hydrogen-bond donors (Lipinski definition) is 2. The van der Waals surface area contributed by atoms with Crippen LogP contribution in [0.5, 0.6) is 0 Å². The van der Waals surface area contributed by atoms with Gasteiger partial charge in [0.1, 0.15) is 0 Å². The summed E-state index contributed by atoms with van der Waals surface area (Å²) in [6, 6.07) is 8.32. The van der Waals surface area contributed by atoms with Crippen molar-refractivity contribution in [1.82, 2.24) is 5.32 Å². The molecule has 1 aliphatic heterocycles. The van der Waals surface area contributed by atoms with Crippen LogP contribution in [0.4, 0.5) is 0 Å². The Kier molecular flexibility index (Phi) is 4.38. The largest absolute Gasteiger partial charge is 0.396 e. The van der Waals surface area contributed by atoms with Crippen molar-refractivity contribution in [1.29, 1.82) is 0 Å². The van der Waals surface area contributed by atoms with E-state index >= 15 is 0 Å². The van der Waals surface area contributed by atoms with Crippen LogP contribution >= 0.6 is 15.9 Å². The Hall–Kier alpha value is -0.380. The van der Waals surface area contributed by atoms with Crippen LogP contribution in [0.15, 0.2) is 28.7 Å². The number of aliphatic hydroxyl groups is 1. The molecular weight excluding hydrogens is 266 g/mol. The minimum absolute atomic E-state index is 0.251. The highest BCUT2D eigenvalue weighted by Crippen LogP contribution is 2.31. The van der Waals surface area contributed by atoms with Crippen LogP contribution in [-0.2, 0) is 0 Å². The molecular formula is C13H18BrNO. The molecule has 3 heteroatoms. The molecule has 1 aromatic carbocycles. The van der Waals surface area contributed by atoms with Crippen LogP contribution in [0.3, 0.4) is 0 Å². The molecule has 0 radical (unpaired) electrons. The maximum atomic E-state index is 9.59. The highest BCUT2D eigenvalue weighted by molar-refractivity contribution is 9.10. The normalized spacial score (nSPS) is 19.6. The number of halogens is 1. The fourth-order valence-electron chi connectivity index (χ4n) is 2.51. The van der Waals surface area contributed by atoms with E-state index in [0.717, 1.165) is 30.4 Å². The fraction of sp³-hybridized carbons (Fsp3) is 0.538. The highest BCUT2D eigenvalue weighted by Gasteiger charge is 2.24. The van der Waals surface area contributed by atoms with Gasteiger partial charge in [-0.3, -0.25) is 0 Å². The van der Waals surface area contributed by atoms with Gasteiger partial charge in [-0.1, -0.05) is 28.1 Å². The highest BCUT2D eigenvalue weighted by atomic mass is 79.9. The van der Waals surface area contributed by atoms with E-state index in [9.17, 15) is 5.11 Å². The van der Waals surface area contributed by atoms with Crippen LogP contribution in [0, 0.1) is 5.92 Å². The first kappa shape index (κ1) is 12.1. The van der Waals surface area contributed by atoms with E-state index in [2.05, 4.69) is 33.4 Å². The zero-order valence-electron chi connectivity index (χ0n) is 9.32. The predicted molar refractivity (Wildman–Crippen MR) is 69.6 cm³/mol. The van der Waals surface area contributed by atoms with Crippen LogP contribution < -0.4 is 5.32 Å². The lowest BCUT2D eigenvalue weighted by Gasteiger charge is -2.30. The summed E-state index contributed by atoms with van der Waals surface area (Å²) in [5.74, 6) is 0.903. The Morgan fingerprint density at radius 3 is 2.75 bits per heavy atom. The second kappa shape index (κ2) is 5.80. The molecule has 1 unspecified atom stereocenters. The summed E-state index contributed by atoms with van der Waals surface area (Å²) in [5.41, 5.74) is 1.25. The Morgan fingerprint density at radius 2 is 2.12 bits per heavy atom. The van der Waals surface area contributed by atoms with Crippen molar-refractivity contribution < 1.29 is 5.11 Å². The second-order valence-corrected chi connectivity index (χ2v) is 5.35. The minimum atomic E-state index is 0.251. The van der Waals surface area contributed by atoms with Gasteiger partial charge in [-0.2, -0.15) is 0 Å². The molecule has 0 spiro atoms. The number of rotatable bonds is 3. The summed E-state index contributed by atoms with van der Waals surface area (Å²) in [6.45, 7) is 2.41. The first-order valence-electron chi connectivity index (χ1n) is 5.88. The topological polar surface area (TPSA) is 32.3 Å². The van der Waals surface area contributed by atoms with Crippen molar-refractivity contribution in [3.63, 3.8) is 0 Å². The van der Waals surface area contributed by atoms with E-state index in [1.54, 1.807) is 0 Å². The van der Waals surface area contributed by atoms with E-state index in [4.69, 9.17) is 0 Å². The van der Waals surface area contributed by atoms with Crippen molar-refractivity contribution >= 4 is 15.9 Å². The number of benzene rings is 1. The molecule has 2 nitrogen and oxygen atoms in total. The molecule has 16 heavy (non-hydrogen) atoms. The zero-order valence-corrected chi connectivity index (χ0v) is 10.9. The smallest absolute Gasteiger partial charge is 0.0502 e. The van der Waals surface area contributed by atoms with Crippen molar-refractivity contribution in [2.45, 2.75) is 18.8 Å². The SMILES string of the molecule is OCC(c1cccc(Br)c1)C1CCNCC1. The van der Waals surface area contributed by atoms with Crippen LogP contribution in [0.1, 0.15) is 24.3 Å². The van der Waals surface area contributed by atoms with Crippen LogP contribution in [0.2, 0.25) is 0 Å². The summed E-state index contributed by atoms with van der Waals surface area (Å²) < 4.78 is 1.09. The predicted octanol–water partition coefficient (Wildman–Crippen LogP) is 2.52. The molecule has 0 aromatic heterocycles. The van der Waals surface area contributed by atoms with E-state index in [1.165, 1.54) is 5.56 Å². The average molecular weight is 284 g/mol. The molecule has 0 amide bonds. The van der Waals surface area contributed by atoms with Gasteiger partial charge in [0.2, 0.25) is 0 Å². The van der Waals surface area contributed by atoms with Gasteiger partial charge in [-0.15, -0.1) is 0 Å². The van der Waals surface area contributed by atoms with Gasteiger partial charge in [0.15, 0.2) is 0 Å². The third-order valence-electron chi connectivity index (χ3n) is 3.43. The standard InChI is InChI=1S/C13H18BrNO/c14-12-3-1-2-11(8-12)13(9-16)10-4-6-15-7-5-10/h1-3,8,10,13,15-16H,4-7,9H2. The Balaban J connectivity index is 2.14. The number of nitrogens with one attached hydrogen (secondary N) is 1. The molecule has 0 aliphatic carbocycles. The molecule has 1 fully saturated rings. The Bertz CT molecular complexity index is 336. The van der Waals surface area contributed by atoms with Gasteiger partial charge in [0.05, 0.1) is 6.61 Å². The average Bonchev–Trinajstić information content (AvgIpc) is 2.31. The van der Waals surface area contributed by atoms with Gasteiger partial charge in [-0.05, 0) is 49.5 Å². The molecule has 1 aliphatic rings. The van der Waals surface area contributed by atoms with E-state index in [0.29, 0.717) is 11.8 Å². The van der Waals surface area contributed by atoms with E-state index in [-0.39, 0.29) is 6.61 Å². The van der Waals surface area contributed by atoms with Gasteiger partial charge < -0.3 is 10.4 Å². The number of hydrogen-bond acceptors (Lipinski definition) is 2. The fourth-order valence-corrected chi connectivity index (χ4v) is 2.93. The lowest BCUT2D eigenvalue weighted by molar-refractivity contribution is 0.201. The van der Waals surface area contributed by atoms with Gasteiger partial charge in [0.25, 0.3) is 0 Å². The first-order chi connectivity index (χ1) is 7.81. The van der Waals surface area contributed by atoms with Gasteiger partial charge in [0, 0.05) is 10.4 Å². The van der Waals surface area contributed by atoms with Crippen molar-refractivity contribution in [3.05, 3.63) is 34.3 Å². The summed E-state index contributed by atoms with van der Waals surface area (Å²) in [6.07, 6.45) is 2.33. The molecule has 0 saturated carbocycles. The summed E-state index contributed by atoms with van der Waals surface area (Å²) in [5, 5.41) is 13.0. The number of aliphatic hydroxyl groups excluding tert-OH is 1. The summed E-state index contributed by atoms with van der Waals surface area (Å²) in [7, 11) is 0. The lowest BCUT2D eigenvalue weighted by Crippen LogP contribution is -2.32. The van der Waals surface area contributed by atoms with Crippen molar-refractivity contribution in [3.8, 4) is 0 Å². The molecule has 1 saturated heterocycles. The summed E-state index contributed by atoms with van der Waals surface area (Å²) in [4.78, 5) is 0. The van der Waals surface area contributed by atoms with Gasteiger partial charge in [-0.25, -0.2) is 0 Å². The zero-order chi connectivity index (χ0) is 11.4.